The molecule has 0 unspecified atom stereocenters. The van der Waals surface area contributed by atoms with Gasteiger partial charge in [0.25, 0.3) is 5.56 Å². The van der Waals surface area contributed by atoms with Crippen molar-refractivity contribution >= 4 is 5.95 Å². The fourth-order valence-electron chi connectivity index (χ4n) is 2.03. The average molecular weight is 246 g/mol. The van der Waals surface area contributed by atoms with E-state index in [4.69, 9.17) is 0 Å². The fourth-order valence-corrected chi connectivity index (χ4v) is 2.03. The molecule has 0 atom stereocenters. The van der Waals surface area contributed by atoms with Crippen LogP contribution in [0.2, 0.25) is 0 Å². The van der Waals surface area contributed by atoms with E-state index >= 15 is 0 Å². The average Bonchev–Trinajstić information content (AvgIpc) is 2.74. The van der Waals surface area contributed by atoms with Crippen LogP contribution in [0.1, 0.15) is 0 Å². The highest BCUT2D eigenvalue weighted by atomic mass is 19.1. The number of likely N-dealkylation sites (N-methyl/N-ethyl adjacent to an activating group) is 1. The third-order valence-corrected chi connectivity index (χ3v) is 3.05. The molecule has 0 saturated carbocycles. The molecule has 1 aliphatic rings. The SMILES string of the molecule is CN1CCn2c1nnc(-c1ccc(F)cc1)c2=O. The van der Waals surface area contributed by atoms with Crippen LogP contribution in [0.4, 0.5) is 10.3 Å². The molecule has 0 spiro atoms. The van der Waals surface area contributed by atoms with Crippen LogP contribution < -0.4 is 10.5 Å². The van der Waals surface area contributed by atoms with Gasteiger partial charge in [0.1, 0.15) is 5.82 Å². The molecule has 2 aromatic rings. The van der Waals surface area contributed by atoms with Crippen LogP contribution in [0.3, 0.4) is 0 Å². The smallest absolute Gasteiger partial charge is 0.281 e. The minimum Gasteiger partial charge on any atom is -0.342 e. The third-order valence-electron chi connectivity index (χ3n) is 3.05. The molecule has 92 valence electrons. The van der Waals surface area contributed by atoms with Crippen molar-refractivity contribution in [1.29, 1.82) is 0 Å². The van der Waals surface area contributed by atoms with E-state index in [-0.39, 0.29) is 17.1 Å². The van der Waals surface area contributed by atoms with E-state index in [0.29, 0.717) is 18.1 Å². The van der Waals surface area contributed by atoms with Crippen LogP contribution in [0.5, 0.6) is 0 Å². The van der Waals surface area contributed by atoms with Gasteiger partial charge in [-0.1, -0.05) is 0 Å². The molecule has 1 aliphatic heterocycles. The van der Waals surface area contributed by atoms with Crippen molar-refractivity contribution in [2.75, 3.05) is 18.5 Å². The van der Waals surface area contributed by atoms with Crippen molar-refractivity contribution in [2.45, 2.75) is 6.54 Å². The number of anilines is 1. The molecule has 0 amide bonds. The highest BCUT2D eigenvalue weighted by Crippen LogP contribution is 2.17. The van der Waals surface area contributed by atoms with Gasteiger partial charge in [-0.15, -0.1) is 10.2 Å². The zero-order valence-corrected chi connectivity index (χ0v) is 9.80. The van der Waals surface area contributed by atoms with Gasteiger partial charge in [0.15, 0.2) is 5.69 Å². The van der Waals surface area contributed by atoms with Crippen LogP contribution in [0, 0.1) is 5.82 Å². The molecule has 1 aromatic heterocycles. The van der Waals surface area contributed by atoms with Crippen LogP contribution in [-0.4, -0.2) is 28.4 Å². The second-order valence-corrected chi connectivity index (χ2v) is 4.23. The predicted octanol–water partition coefficient (Wildman–Crippen LogP) is 0.894. The standard InChI is InChI=1S/C12H11FN4O/c1-16-6-7-17-11(18)10(14-15-12(16)17)8-2-4-9(13)5-3-8/h2-5H,6-7H2,1H3. The number of hydrogen-bond donors (Lipinski definition) is 0. The molecule has 0 N–H and O–H groups in total. The summed E-state index contributed by atoms with van der Waals surface area (Å²) in [6, 6.07) is 5.68. The first-order valence-corrected chi connectivity index (χ1v) is 5.61. The van der Waals surface area contributed by atoms with Gasteiger partial charge in [0.2, 0.25) is 5.95 Å². The molecule has 6 heteroatoms. The molecule has 0 bridgehead atoms. The maximum Gasteiger partial charge on any atom is 0.281 e. The number of hydrogen-bond acceptors (Lipinski definition) is 4. The molecular formula is C12H11FN4O. The van der Waals surface area contributed by atoms with E-state index in [1.54, 1.807) is 4.57 Å². The van der Waals surface area contributed by atoms with Gasteiger partial charge in [-0.05, 0) is 24.3 Å². The van der Waals surface area contributed by atoms with Gasteiger partial charge in [-0.2, -0.15) is 0 Å². The summed E-state index contributed by atoms with van der Waals surface area (Å²) in [7, 11) is 1.87. The summed E-state index contributed by atoms with van der Waals surface area (Å²) in [5.74, 6) is 0.235. The van der Waals surface area contributed by atoms with Crippen LogP contribution in [0.25, 0.3) is 11.3 Å². The zero-order valence-electron chi connectivity index (χ0n) is 9.80. The van der Waals surface area contributed by atoms with Gasteiger partial charge in [0.05, 0.1) is 0 Å². The van der Waals surface area contributed by atoms with Crippen molar-refractivity contribution in [2.24, 2.45) is 0 Å². The van der Waals surface area contributed by atoms with Gasteiger partial charge in [-0.3, -0.25) is 9.36 Å². The van der Waals surface area contributed by atoms with Crippen LogP contribution in [-0.2, 0) is 6.54 Å². The van der Waals surface area contributed by atoms with Crippen LogP contribution >= 0.6 is 0 Å². The van der Waals surface area contributed by atoms with Gasteiger partial charge in [0, 0.05) is 25.7 Å². The second-order valence-electron chi connectivity index (χ2n) is 4.23. The number of rotatable bonds is 1. The van der Waals surface area contributed by atoms with Crippen molar-refractivity contribution < 1.29 is 4.39 Å². The molecular weight excluding hydrogens is 235 g/mol. The van der Waals surface area contributed by atoms with E-state index < -0.39 is 0 Å². The largest absolute Gasteiger partial charge is 0.342 e. The number of fused-ring (bicyclic) bond motifs is 1. The number of nitrogens with zero attached hydrogens (tertiary/aromatic N) is 4. The van der Waals surface area contributed by atoms with Gasteiger partial charge in [-0.25, -0.2) is 4.39 Å². The topological polar surface area (TPSA) is 51.0 Å². The summed E-state index contributed by atoms with van der Waals surface area (Å²) in [6.07, 6.45) is 0. The molecule has 1 aromatic carbocycles. The Hall–Kier alpha value is -2.24. The summed E-state index contributed by atoms with van der Waals surface area (Å²) < 4.78 is 14.4. The Bertz CT molecular complexity index is 650. The molecule has 0 aliphatic carbocycles. The Labute approximate surface area is 103 Å². The molecule has 0 saturated heterocycles. The van der Waals surface area contributed by atoms with Crippen molar-refractivity contribution in [1.82, 2.24) is 14.8 Å². The lowest BCUT2D eigenvalue weighted by atomic mass is 10.1. The highest BCUT2D eigenvalue weighted by Gasteiger charge is 2.21. The molecule has 2 heterocycles. The first kappa shape index (κ1) is 10.9. The van der Waals surface area contributed by atoms with Crippen LogP contribution in [0.15, 0.2) is 29.1 Å². The summed E-state index contributed by atoms with van der Waals surface area (Å²) in [4.78, 5) is 14.1. The first-order chi connectivity index (χ1) is 8.66. The van der Waals surface area contributed by atoms with Crippen molar-refractivity contribution in [3.8, 4) is 11.3 Å². The normalized spacial score (nSPS) is 13.8. The Morgan fingerprint density at radius 3 is 2.61 bits per heavy atom. The molecule has 0 radical (unpaired) electrons. The quantitative estimate of drug-likeness (QED) is 0.750. The molecule has 3 rings (SSSR count). The van der Waals surface area contributed by atoms with E-state index in [9.17, 15) is 9.18 Å². The second kappa shape index (κ2) is 3.90. The molecule has 5 nitrogen and oxygen atoms in total. The van der Waals surface area contributed by atoms with Crippen molar-refractivity contribution in [3.63, 3.8) is 0 Å². The summed E-state index contributed by atoms with van der Waals surface area (Å²) in [5.41, 5.74) is 0.656. The maximum absolute atomic E-state index is 12.8. The Balaban J connectivity index is 2.15. The van der Waals surface area contributed by atoms with Gasteiger partial charge >= 0.3 is 0 Å². The molecule has 18 heavy (non-hydrogen) atoms. The lowest BCUT2D eigenvalue weighted by Gasteiger charge is -2.08. The number of aromatic nitrogens is 3. The number of benzene rings is 1. The van der Waals surface area contributed by atoms with E-state index in [1.807, 2.05) is 11.9 Å². The lowest BCUT2D eigenvalue weighted by molar-refractivity contribution is 0.628. The highest BCUT2D eigenvalue weighted by molar-refractivity contribution is 5.58. The first-order valence-electron chi connectivity index (χ1n) is 5.61. The molecule has 0 fully saturated rings. The summed E-state index contributed by atoms with van der Waals surface area (Å²) in [5, 5.41) is 8.00. The maximum atomic E-state index is 12.8. The minimum atomic E-state index is -0.340. The van der Waals surface area contributed by atoms with E-state index in [2.05, 4.69) is 10.2 Å². The Morgan fingerprint density at radius 1 is 1.17 bits per heavy atom. The fraction of sp³-hybridized carbons (Fsp3) is 0.250. The summed E-state index contributed by atoms with van der Waals surface area (Å²) in [6.45, 7) is 1.35. The minimum absolute atomic E-state index is 0.184. The Kier molecular flexibility index (Phi) is 2.36. The third kappa shape index (κ3) is 1.57. The van der Waals surface area contributed by atoms with E-state index in [0.717, 1.165) is 6.54 Å². The Morgan fingerprint density at radius 2 is 1.89 bits per heavy atom. The monoisotopic (exact) mass is 246 g/mol. The lowest BCUT2D eigenvalue weighted by Crippen LogP contribution is -2.23. The summed E-state index contributed by atoms with van der Waals surface area (Å²) >= 11 is 0. The predicted molar refractivity (Wildman–Crippen MR) is 65.0 cm³/mol. The number of halogens is 1. The van der Waals surface area contributed by atoms with Crippen molar-refractivity contribution in [3.05, 3.63) is 40.4 Å². The zero-order chi connectivity index (χ0) is 12.7. The van der Waals surface area contributed by atoms with Gasteiger partial charge < -0.3 is 4.90 Å². The van der Waals surface area contributed by atoms with E-state index in [1.165, 1.54) is 24.3 Å².